The minimum Gasteiger partial charge on any atom is -0.326 e. The smallest absolute Gasteiger partial charge is 0.326 e. The van der Waals surface area contributed by atoms with Gasteiger partial charge in [-0.1, -0.05) is 0 Å². The number of nitro groups is 1. The number of hydrogen-bond donors (Lipinski definition) is 2. The molecule has 0 bridgehead atoms. The Morgan fingerprint density at radius 2 is 2.00 bits per heavy atom. The predicted octanol–water partition coefficient (Wildman–Crippen LogP) is 1.63. The number of halogens is 3. The molecule has 128 valence electrons. The maximum atomic E-state index is 13.0. The quantitative estimate of drug-likeness (QED) is 0.596. The lowest BCUT2D eigenvalue weighted by molar-refractivity contribution is -0.385. The summed E-state index contributed by atoms with van der Waals surface area (Å²) in [4.78, 5) is 8.51. The summed E-state index contributed by atoms with van der Waals surface area (Å²) in [6.45, 7) is -0.193. The van der Waals surface area contributed by atoms with E-state index in [2.05, 4.69) is 0 Å². The largest absolute Gasteiger partial charge is 0.417 e. The summed E-state index contributed by atoms with van der Waals surface area (Å²) in [7, 11) is -4.49. The highest BCUT2D eigenvalue weighted by Gasteiger charge is 2.39. The van der Waals surface area contributed by atoms with Crippen LogP contribution in [0, 0.1) is 16.0 Å². The molecule has 3 N–H and O–H groups in total. The average Bonchev–Trinajstić information content (AvgIpc) is 3.27. The third-order valence-corrected chi connectivity index (χ3v) is 4.99. The topological polar surface area (TPSA) is 115 Å². The van der Waals surface area contributed by atoms with E-state index < -0.39 is 43.3 Å². The molecule has 1 atom stereocenters. The van der Waals surface area contributed by atoms with Gasteiger partial charge in [0, 0.05) is 24.7 Å². The Kier molecular flexibility index (Phi) is 4.64. The molecule has 2 rings (SSSR count). The van der Waals surface area contributed by atoms with E-state index in [9.17, 15) is 31.7 Å². The number of alkyl halides is 3. The number of rotatable bonds is 6. The lowest BCUT2D eigenvalue weighted by Gasteiger charge is -2.15. The molecule has 0 aliphatic heterocycles. The molecule has 1 aliphatic carbocycles. The van der Waals surface area contributed by atoms with Crippen LogP contribution in [-0.2, 0) is 16.2 Å². The molecule has 7 nitrogen and oxygen atoms in total. The lowest BCUT2D eigenvalue weighted by atomic mass is 10.2. The van der Waals surface area contributed by atoms with Gasteiger partial charge in [-0.3, -0.25) is 10.1 Å². The van der Waals surface area contributed by atoms with Gasteiger partial charge in [0.15, 0.2) is 0 Å². The first-order chi connectivity index (χ1) is 10.5. The second kappa shape index (κ2) is 6.06. The van der Waals surface area contributed by atoms with Gasteiger partial charge in [-0.2, -0.15) is 13.2 Å². The zero-order valence-electron chi connectivity index (χ0n) is 11.7. The Hall–Kier alpha value is -1.72. The summed E-state index contributed by atoms with van der Waals surface area (Å²) in [6, 6.07) is 1.02. The van der Waals surface area contributed by atoms with Crippen molar-refractivity contribution in [2.24, 2.45) is 11.7 Å². The normalized spacial score (nSPS) is 17.0. The molecule has 23 heavy (non-hydrogen) atoms. The van der Waals surface area contributed by atoms with E-state index in [1.165, 1.54) is 0 Å². The molecule has 11 heteroatoms. The summed E-state index contributed by atoms with van der Waals surface area (Å²) in [5, 5.41) is 10.6. The summed E-state index contributed by atoms with van der Waals surface area (Å²) in [6.07, 6.45) is -3.34. The number of non-ortho nitro benzene ring substituents is 1. The molecular formula is C12H14F3N3O4S. The molecule has 0 radical (unpaired) electrons. The van der Waals surface area contributed by atoms with Gasteiger partial charge >= 0.3 is 6.18 Å². The zero-order valence-corrected chi connectivity index (χ0v) is 12.5. The van der Waals surface area contributed by atoms with Crippen molar-refractivity contribution < 1.29 is 26.5 Å². The van der Waals surface area contributed by atoms with Gasteiger partial charge in [0.2, 0.25) is 10.0 Å². The molecule has 0 saturated heterocycles. The summed E-state index contributed by atoms with van der Waals surface area (Å²) >= 11 is 0. The molecule has 1 aromatic carbocycles. The number of sulfonamides is 1. The Morgan fingerprint density at radius 3 is 2.48 bits per heavy atom. The lowest BCUT2D eigenvalue weighted by Crippen LogP contribution is -2.39. The molecule has 1 fully saturated rings. The number of hydrogen-bond acceptors (Lipinski definition) is 5. The summed E-state index contributed by atoms with van der Waals surface area (Å²) < 4.78 is 65.3. The van der Waals surface area contributed by atoms with E-state index in [1.54, 1.807) is 0 Å². The van der Waals surface area contributed by atoms with Crippen molar-refractivity contribution in [1.82, 2.24) is 4.72 Å². The van der Waals surface area contributed by atoms with Gasteiger partial charge in [0.25, 0.3) is 5.69 Å². The Bertz CT molecular complexity index is 717. The van der Waals surface area contributed by atoms with Crippen LogP contribution in [0.4, 0.5) is 18.9 Å². The van der Waals surface area contributed by atoms with Crippen molar-refractivity contribution in [3.8, 4) is 0 Å². The predicted molar refractivity (Wildman–Crippen MR) is 74.0 cm³/mol. The second-order valence-electron chi connectivity index (χ2n) is 5.29. The SMILES string of the molecule is NC(CNS(=O)(=O)c1ccc([N+](=O)[O-])cc1C(F)(F)F)C1CC1. The fraction of sp³-hybridized carbons (Fsp3) is 0.500. The third kappa shape index (κ3) is 4.18. The van der Waals surface area contributed by atoms with Crippen LogP contribution in [0.5, 0.6) is 0 Å². The summed E-state index contributed by atoms with van der Waals surface area (Å²) in [5.74, 6) is 0.164. The first kappa shape index (κ1) is 17.6. The van der Waals surface area contributed by atoms with Crippen LogP contribution in [-0.4, -0.2) is 25.9 Å². The minimum atomic E-state index is -5.05. The van der Waals surface area contributed by atoms with Gasteiger partial charge < -0.3 is 5.73 Å². The number of nitrogens with one attached hydrogen (secondary N) is 1. The first-order valence-corrected chi connectivity index (χ1v) is 8.11. The van der Waals surface area contributed by atoms with E-state index in [4.69, 9.17) is 5.73 Å². The monoisotopic (exact) mass is 353 g/mol. The van der Waals surface area contributed by atoms with Crippen molar-refractivity contribution in [2.75, 3.05) is 6.54 Å². The van der Waals surface area contributed by atoms with Crippen molar-refractivity contribution in [3.63, 3.8) is 0 Å². The maximum Gasteiger partial charge on any atom is 0.417 e. The van der Waals surface area contributed by atoms with Crippen LogP contribution in [0.2, 0.25) is 0 Å². The number of nitro benzene ring substituents is 1. The number of nitrogens with zero attached hydrogens (tertiary/aromatic N) is 1. The van der Waals surface area contributed by atoms with Crippen LogP contribution in [0.15, 0.2) is 23.1 Å². The molecule has 0 aromatic heterocycles. The summed E-state index contributed by atoms with van der Waals surface area (Å²) in [5.41, 5.74) is 3.29. The molecule has 0 spiro atoms. The van der Waals surface area contributed by atoms with Crippen molar-refractivity contribution in [3.05, 3.63) is 33.9 Å². The highest BCUT2D eigenvalue weighted by atomic mass is 32.2. The molecule has 1 unspecified atom stereocenters. The third-order valence-electron chi connectivity index (χ3n) is 3.51. The van der Waals surface area contributed by atoms with Crippen LogP contribution in [0.1, 0.15) is 18.4 Å². The number of benzene rings is 1. The molecule has 0 heterocycles. The standard InChI is InChI=1S/C12H14F3N3O4S/c13-12(14,15)9-5-8(18(19)20)3-4-11(9)23(21,22)17-6-10(16)7-1-2-7/h3-5,7,10,17H,1-2,6,16H2. The van der Waals surface area contributed by atoms with Crippen LogP contribution in [0.3, 0.4) is 0 Å². The van der Waals surface area contributed by atoms with E-state index in [1.807, 2.05) is 4.72 Å². The van der Waals surface area contributed by atoms with Gasteiger partial charge in [-0.15, -0.1) is 0 Å². The fourth-order valence-corrected chi connectivity index (χ4v) is 3.34. The van der Waals surface area contributed by atoms with E-state index in [0.717, 1.165) is 12.8 Å². The second-order valence-corrected chi connectivity index (χ2v) is 7.02. The van der Waals surface area contributed by atoms with Crippen molar-refractivity contribution in [2.45, 2.75) is 30.0 Å². The highest BCUT2D eigenvalue weighted by Crippen LogP contribution is 2.36. The van der Waals surface area contributed by atoms with E-state index >= 15 is 0 Å². The van der Waals surface area contributed by atoms with Gasteiger partial charge in [0.1, 0.15) is 0 Å². The zero-order chi connectivity index (χ0) is 17.4. The molecule has 1 aromatic rings. The Balaban J connectivity index is 2.34. The molecule has 1 aliphatic rings. The minimum absolute atomic E-state index is 0.164. The van der Waals surface area contributed by atoms with Crippen LogP contribution in [0.25, 0.3) is 0 Å². The van der Waals surface area contributed by atoms with Crippen LogP contribution >= 0.6 is 0 Å². The average molecular weight is 353 g/mol. The van der Waals surface area contributed by atoms with Gasteiger partial charge in [-0.05, 0) is 24.8 Å². The molecule has 0 amide bonds. The van der Waals surface area contributed by atoms with Crippen LogP contribution < -0.4 is 10.5 Å². The number of nitrogens with two attached hydrogens (primary N) is 1. The Morgan fingerprint density at radius 1 is 1.39 bits per heavy atom. The first-order valence-electron chi connectivity index (χ1n) is 6.63. The van der Waals surface area contributed by atoms with Gasteiger partial charge in [-0.25, -0.2) is 13.1 Å². The van der Waals surface area contributed by atoms with Crippen molar-refractivity contribution in [1.29, 1.82) is 0 Å². The highest BCUT2D eigenvalue weighted by molar-refractivity contribution is 7.89. The molecular weight excluding hydrogens is 339 g/mol. The van der Waals surface area contributed by atoms with E-state index in [-0.39, 0.29) is 18.5 Å². The van der Waals surface area contributed by atoms with Crippen molar-refractivity contribution >= 4 is 15.7 Å². The van der Waals surface area contributed by atoms with E-state index in [0.29, 0.717) is 12.1 Å². The van der Waals surface area contributed by atoms with Gasteiger partial charge in [0.05, 0.1) is 15.4 Å². The fourth-order valence-electron chi connectivity index (χ4n) is 2.06. The maximum absolute atomic E-state index is 13.0. The molecule has 1 saturated carbocycles. The Labute approximate surface area is 129 Å².